The predicted octanol–water partition coefficient (Wildman–Crippen LogP) is 3.49. The first-order valence-corrected chi connectivity index (χ1v) is 6.61. The molecule has 1 aromatic carbocycles. The van der Waals surface area contributed by atoms with E-state index in [0.29, 0.717) is 5.92 Å². The lowest BCUT2D eigenvalue weighted by Gasteiger charge is -2.28. The van der Waals surface area contributed by atoms with Crippen LogP contribution in [-0.4, -0.2) is 17.3 Å². The molecule has 1 aromatic rings. The van der Waals surface area contributed by atoms with Gasteiger partial charge in [-0.05, 0) is 42.9 Å². The third-order valence-corrected chi connectivity index (χ3v) is 3.48. The van der Waals surface area contributed by atoms with Crippen LogP contribution in [0.15, 0.2) is 24.3 Å². The Morgan fingerprint density at radius 3 is 2.71 bits per heavy atom. The molecule has 0 amide bonds. The zero-order valence-corrected chi connectivity index (χ0v) is 10.7. The van der Waals surface area contributed by atoms with Crippen molar-refractivity contribution in [3.05, 3.63) is 29.8 Å². The Balaban J connectivity index is 2.04. The quantitative estimate of drug-likeness (QED) is 0.867. The normalized spacial score (nSPS) is 24.9. The molecule has 1 fully saturated rings. The van der Waals surface area contributed by atoms with Crippen molar-refractivity contribution in [3.8, 4) is 5.75 Å². The van der Waals surface area contributed by atoms with Gasteiger partial charge in [0, 0.05) is 0 Å². The van der Waals surface area contributed by atoms with Gasteiger partial charge >= 0.3 is 0 Å². The Labute approximate surface area is 104 Å². The van der Waals surface area contributed by atoms with Crippen molar-refractivity contribution in [3.63, 3.8) is 0 Å². The van der Waals surface area contributed by atoms with Crippen LogP contribution in [0.4, 0.5) is 0 Å². The van der Waals surface area contributed by atoms with Crippen molar-refractivity contribution in [2.45, 2.75) is 57.7 Å². The van der Waals surface area contributed by atoms with Crippen LogP contribution in [0.25, 0.3) is 0 Å². The number of hydrogen-bond donors (Lipinski definition) is 1. The van der Waals surface area contributed by atoms with Crippen molar-refractivity contribution in [1.82, 2.24) is 0 Å². The summed E-state index contributed by atoms with van der Waals surface area (Å²) in [4.78, 5) is 0. The molecule has 1 N–H and O–H groups in total. The molecule has 0 radical (unpaired) electrons. The van der Waals surface area contributed by atoms with E-state index in [1.807, 2.05) is 12.1 Å². The second-order valence-corrected chi connectivity index (χ2v) is 5.24. The molecule has 2 heteroatoms. The lowest BCUT2D eigenvalue weighted by atomic mass is 9.95. The zero-order valence-electron chi connectivity index (χ0n) is 10.7. The van der Waals surface area contributed by atoms with Crippen LogP contribution in [0, 0.1) is 0 Å². The van der Waals surface area contributed by atoms with Gasteiger partial charge in [0.15, 0.2) is 0 Å². The Morgan fingerprint density at radius 2 is 2.00 bits per heavy atom. The molecule has 1 aliphatic carbocycles. The van der Waals surface area contributed by atoms with E-state index in [9.17, 15) is 5.11 Å². The third-order valence-electron chi connectivity index (χ3n) is 3.48. The van der Waals surface area contributed by atoms with Crippen molar-refractivity contribution < 1.29 is 9.84 Å². The summed E-state index contributed by atoms with van der Waals surface area (Å²) in [5.41, 5.74) is 1.28. The topological polar surface area (TPSA) is 29.5 Å². The van der Waals surface area contributed by atoms with Gasteiger partial charge in [-0.15, -0.1) is 0 Å². The molecule has 0 heterocycles. The second kappa shape index (κ2) is 5.54. The van der Waals surface area contributed by atoms with Crippen LogP contribution >= 0.6 is 0 Å². The highest BCUT2D eigenvalue weighted by atomic mass is 16.5. The molecule has 1 saturated carbocycles. The van der Waals surface area contributed by atoms with E-state index >= 15 is 0 Å². The molecule has 17 heavy (non-hydrogen) atoms. The van der Waals surface area contributed by atoms with Gasteiger partial charge in [-0.2, -0.15) is 0 Å². The maximum atomic E-state index is 9.88. The Kier molecular flexibility index (Phi) is 4.06. The first-order chi connectivity index (χ1) is 8.16. The minimum Gasteiger partial charge on any atom is -0.488 e. The summed E-state index contributed by atoms with van der Waals surface area (Å²) in [6, 6.07) is 8.22. The first kappa shape index (κ1) is 12.4. The van der Waals surface area contributed by atoms with Crippen molar-refractivity contribution in [1.29, 1.82) is 0 Å². The van der Waals surface area contributed by atoms with Gasteiger partial charge < -0.3 is 9.84 Å². The summed E-state index contributed by atoms with van der Waals surface area (Å²) in [6.45, 7) is 4.35. The molecule has 2 nitrogen and oxygen atoms in total. The molecule has 0 saturated heterocycles. The fourth-order valence-electron chi connectivity index (χ4n) is 2.34. The van der Waals surface area contributed by atoms with E-state index in [1.165, 1.54) is 5.56 Å². The van der Waals surface area contributed by atoms with Crippen LogP contribution in [0.2, 0.25) is 0 Å². The average Bonchev–Trinajstić information content (AvgIpc) is 2.32. The van der Waals surface area contributed by atoms with E-state index < -0.39 is 0 Å². The monoisotopic (exact) mass is 234 g/mol. The predicted molar refractivity (Wildman–Crippen MR) is 69.4 cm³/mol. The fourth-order valence-corrected chi connectivity index (χ4v) is 2.34. The number of aliphatic hydroxyl groups is 1. The van der Waals surface area contributed by atoms with Gasteiger partial charge in [0.25, 0.3) is 0 Å². The third kappa shape index (κ3) is 3.22. The van der Waals surface area contributed by atoms with Gasteiger partial charge in [0.1, 0.15) is 11.9 Å². The van der Waals surface area contributed by atoms with Crippen LogP contribution in [0.5, 0.6) is 5.75 Å². The Bertz CT molecular complexity index is 360. The van der Waals surface area contributed by atoms with Crippen LogP contribution in [-0.2, 0) is 0 Å². The molecule has 0 aromatic heterocycles. The van der Waals surface area contributed by atoms with Gasteiger partial charge in [-0.25, -0.2) is 0 Å². The first-order valence-electron chi connectivity index (χ1n) is 6.61. The largest absolute Gasteiger partial charge is 0.488 e. The van der Waals surface area contributed by atoms with E-state index in [-0.39, 0.29) is 12.2 Å². The maximum Gasteiger partial charge on any atom is 0.124 e. The molecule has 0 bridgehead atoms. The molecule has 2 atom stereocenters. The zero-order chi connectivity index (χ0) is 12.3. The number of rotatable bonds is 3. The standard InChI is InChI=1S/C15H22O2/c1-11(2)12-6-5-7-13(10-12)17-15-9-4-3-8-14(15)16/h5-7,10-11,14-16H,3-4,8-9H2,1-2H3/t14-,15-/m0/s1. The molecule has 94 valence electrons. The molecule has 1 aliphatic rings. The van der Waals surface area contributed by atoms with Crippen molar-refractivity contribution in [2.24, 2.45) is 0 Å². The maximum absolute atomic E-state index is 9.88. The molecular formula is C15H22O2. The number of hydrogen-bond acceptors (Lipinski definition) is 2. The highest BCUT2D eigenvalue weighted by Gasteiger charge is 2.24. The summed E-state index contributed by atoms with van der Waals surface area (Å²) >= 11 is 0. The summed E-state index contributed by atoms with van der Waals surface area (Å²) in [5, 5.41) is 9.88. The second-order valence-electron chi connectivity index (χ2n) is 5.24. The number of ether oxygens (including phenoxy) is 1. The molecule has 0 unspecified atom stereocenters. The minimum atomic E-state index is -0.300. The molecular weight excluding hydrogens is 212 g/mol. The highest BCUT2D eigenvalue weighted by Crippen LogP contribution is 2.26. The summed E-state index contributed by atoms with van der Waals surface area (Å²) in [5.74, 6) is 1.40. The van der Waals surface area contributed by atoms with E-state index in [0.717, 1.165) is 31.4 Å². The number of aliphatic hydroxyl groups excluding tert-OH is 1. The van der Waals surface area contributed by atoms with E-state index in [2.05, 4.69) is 26.0 Å². The van der Waals surface area contributed by atoms with Gasteiger partial charge in [0.2, 0.25) is 0 Å². The van der Waals surface area contributed by atoms with Gasteiger partial charge in [-0.3, -0.25) is 0 Å². The van der Waals surface area contributed by atoms with Gasteiger partial charge in [-0.1, -0.05) is 32.4 Å². The SMILES string of the molecule is CC(C)c1cccc(O[C@H]2CCCC[C@@H]2O)c1. The van der Waals surface area contributed by atoms with Crippen LogP contribution in [0.3, 0.4) is 0 Å². The van der Waals surface area contributed by atoms with E-state index in [1.54, 1.807) is 0 Å². The van der Waals surface area contributed by atoms with Crippen LogP contribution in [0.1, 0.15) is 51.0 Å². The van der Waals surface area contributed by atoms with Crippen molar-refractivity contribution >= 4 is 0 Å². The smallest absolute Gasteiger partial charge is 0.124 e. The summed E-state index contributed by atoms with van der Waals surface area (Å²) in [6.07, 6.45) is 3.79. The molecule has 2 rings (SSSR count). The Hall–Kier alpha value is -1.02. The lowest BCUT2D eigenvalue weighted by Crippen LogP contribution is -2.34. The van der Waals surface area contributed by atoms with Crippen molar-refractivity contribution in [2.75, 3.05) is 0 Å². The lowest BCUT2D eigenvalue weighted by molar-refractivity contribution is 0.00683. The highest BCUT2D eigenvalue weighted by molar-refractivity contribution is 5.30. The minimum absolute atomic E-state index is 0.0221. The molecule has 0 spiro atoms. The molecule has 0 aliphatic heterocycles. The summed E-state index contributed by atoms with van der Waals surface area (Å²) < 4.78 is 5.91. The van der Waals surface area contributed by atoms with E-state index in [4.69, 9.17) is 4.74 Å². The fraction of sp³-hybridized carbons (Fsp3) is 0.600. The number of benzene rings is 1. The average molecular weight is 234 g/mol. The summed E-state index contributed by atoms with van der Waals surface area (Å²) in [7, 11) is 0. The Morgan fingerprint density at radius 1 is 1.24 bits per heavy atom. The van der Waals surface area contributed by atoms with Gasteiger partial charge in [0.05, 0.1) is 6.10 Å². The van der Waals surface area contributed by atoms with Crippen LogP contribution < -0.4 is 4.74 Å².